The van der Waals surface area contributed by atoms with E-state index >= 15 is 0 Å². The summed E-state index contributed by atoms with van der Waals surface area (Å²) in [5.41, 5.74) is 1.66. The van der Waals surface area contributed by atoms with Crippen molar-refractivity contribution in [2.75, 3.05) is 16.2 Å². The zero-order chi connectivity index (χ0) is 21.8. The van der Waals surface area contributed by atoms with E-state index in [1.54, 1.807) is 61.5 Å². The van der Waals surface area contributed by atoms with Crippen LogP contribution >= 0.6 is 0 Å². The van der Waals surface area contributed by atoms with Crippen molar-refractivity contribution in [3.63, 3.8) is 0 Å². The van der Waals surface area contributed by atoms with Gasteiger partial charge in [-0.25, -0.2) is 8.42 Å². The van der Waals surface area contributed by atoms with Gasteiger partial charge in [0.1, 0.15) is 0 Å². The van der Waals surface area contributed by atoms with Crippen LogP contribution in [-0.2, 0) is 10.0 Å². The van der Waals surface area contributed by atoms with Crippen LogP contribution in [-0.4, -0.2) is 20.9 Å². The van der Waals surface area contributed by atoms with Gasteiger partial charge in [0.25, 0.3) is 15.9 Å². The Balaban J connectivity index is 1.54. The van der Waals surface area contributed by atoms with Crippen LogP contribution in [0.15, 0.2) is 102 Å². The molecule has 156 valence electrons. The third kappa shape index (κ3) is 4.29. The number of carbonyl (C=O) groups excluding carboxylic acids is 1. The van der Waals surface area contributed by atoms with Gasteiger partial charge in [-0.1, -0.05) is 48.5 Å². The van der Waals surface area contributed by atoms with Crippen LogP contribution in [0.3, 0.4) is 0 Å². The maximum absolute atomic E-state index is 13.0. The van der Waals surface area contributed by atoms with Crippen LogP contribution in [0, 0.1) is 0 Å². The number of nitrogens with one attached hydrogen (secondary N) is 1. The number of anilines is 2. The minimum absolute atomic E-state index is 0.231. The van der Waals surface area contributed by atoms with Crippen LogP contribution in [0.2, 0.25) is 0 Å². The third-order valence-corrected chi connectivity index (χ3v) is 6.96. The summed E-state index contributed by atoms with van der Waals surface area (Å²) in [6, 6.07) is 28.6. The van der Waals surface area contributed by atoms with Gasteiger partial charge >= 0.3 is 0 Å². The molecule has 6 heteroatoms. The molecule has 0 saturated carbocycles. The van der Waals surface area contributed by atoms with Gasteiger partial charge in [0.15, 0.2) is 0 Å². The van der Waals surface area contributed by atoms with Crippen molar-refractivity contribution in [1.29, 1.82) is 0 Å². The van der Waals surface area contributed by atoms with Crippen molar-refractivity contribution < 1.29 is 13.2 Å². The summed E-state index contributed by atoms with van der Waals surface area (Å²) in [5.74, 6) is -0.254. The fourth-order valence-corrected chi connectivity index (χ4v) is 4.96. The lowest BCUT2D eigenvalue weighted by Crippen LogP contribution is -2.30. The van der Waals surface area contributed by atoms with Gasteiger partial charge in [-0.2, -0.15) is 0 Å². The maximum atomic E-state index is 13.0. The van der Waals surface area contributed by atoms with Gasteiger partial charge in [-0.15, -0.1) is 0 Å². The van der Waals surface area contributed by atoms with E-state index in [0.29, 0.717) is 16.9 Å². The zero-order valence-corrected chi connectivity index (χ0v) is 17.8. The summed E-state index contributed by atoms with van der Waals surface area (Å²) in [5, 5.41) is 5.04. The molecule has 0 bridgehead atoms. The van der Waals surface area contributed by atoms with Crippen LogP contribution in [0.4, 0.5) is 11.4 Å². The Hall–Kier alpha value is -3.64. The Morgan fingerprint density at radius 2 is 1.45 bits per heavy atom. The first-order valence-corrected chi connectivity index (χ1v) is 11.4. The smallest absolute Gasteiger partial charge is 0.264 e. The second-order valence-electron chi connectivity index (χ2n) is 7.05. The van der Waals surface area contributed by atoms with E-state index in [9.17, 15) is 13.2 Å². The third-order valence-electron chi connectivity index (χ3n) is 5.04. The fraction of sp³-hybridized carbons (Fsp3) is 0.0800. The molecule has 0 spiro atoms. The first kappa shape index (κ1) is 20.6. The molecule has 1 amide bonds. The Bertz CT molecular complexity index is 1320. The lowest BCUT2D eigenvalue weighted by atomic mass is 10.1. The van der Waals surface area contributed by atoms with Crippen molar-refractivity contribution >= 4 is 38.1 Å². The van der Waals surface area contributed by atoms with Crippen LogP contribution in [0.5, 0.6) is 0 Å². The number of amides is 1. The number of rotatable bonds is 6. The van der Waals surface area contributed by atoms with E-state index in [1.165, 1.54) is 4.31 Å². The molecule has 4 aromatic rings. The molecule has 1 N–H and O–H groups in total. The van der Waals surface area contributed by atoms with Crippen molar-refractivity contribution in [3.05, 3.63) is 103 Å². The van der Waals surface area contributed by atoms with Gasteiger partial charge in [-0.05, 0) is 66.2 Å². The highest BCUT2D eigenvalue weighted by atomic mass is 32.2. The van der Waals surface area contributed by atoms with E-state index in [1.807, 2.05) is 42.5 Å². The lowest BCUT2D eigenvalue weighted by Gasteiger charge is -2.23. The summed E-state index contributed by atoms with van der Waals surface area (Å²) in [4.78, 5) is 12.9. The predicted molar refractivity (Wildman–Crippen MR) is 125 cm³/mol. The summed E-state index contributed by atoms with van der Waals surface area (Å²) in [7, 11) is -3.67. The second kappa shape index (κ2) is 8.62. The molecule has 0 aliphatic carbocycles. The standard InChI is InChI=1S/C25H22N2O3S/c1-2-27(31(29,30)24-10-4-3-5-11-24)23-16-13-20(14-17-23)25(28)26-22-15-12-19-8-6-7-9-21(19)18-22/h3-18H,2H2,1H3,(H,26,28). The SMILES string of the molecule is CCN(c1ccc(C(=O)Nc2ccc3ccccc3c2)cc1)S(=O)(=O)c1ccccc1. The topological polar surface area (TPSA) is 66.5 Å². The average molecular weight is 431 g/mol. The molecule has 4 rings (SSSR count). The molecule has 0 unspecified atom stereocenters. The Labute approximate surface area is 182 Å². The highest BCUT2D eigenvalue weighted by Crippen LogP contribution is 2.24. The summed E-state index contributed by atoms with van der Waals surface area (Å²) in [6.45, 7) is 2.06. The highest BCUT2D eigenvalue weighted by molar-refractivity contribution is 7.92. The van der Waals surface area contributed by atoms with Gasteiger partial charge in [0.05, 0.1) is 10.6 Å². The first-order valence-electron chi connectivity index (χ1n) is 9.97. The molecular weight excluding hydrogens is 408 g/mol. The largest absolute Gasteiger partial charge is 0.322 e. The van der Waals surface area contributed by atoms with E-state index in [4.69, 9.17) is 0 Å². The zero-order valence-electron chi connectivity index (χ0n) is 17.0. The maximum Gasteiger partial charge on any atom is 0.264 e. The number of sulfonamides is 1. The quantitative estimate of drug-likeness (QED) is 0.451. The minimum atomic E-state index is -3.67. The monoisotopic (exact) mass is 430 g/mol. The molecule has 4 aromatic carbocycles. The Morgan fingerprint density at radius 3 is 2.13 bits per heavy atom. The molecule has 0 radical (unpaired) electrons. The van der Waals surface area contributed by atoms with E-state index in [-0.39, 0.29) is 17.3 Å². The van der Waals surface area contributed by atoms with E-state index in [0.717, 1.165) is 10.8 Å². The van der Waals surface area contributed by atoms with E-state index in [2.05, 4.69) is 5.32 Å². The second-order valence-corrected chi connectivity index (χ2v) is 8.91. The molecule has 0 aliphatic rings. The van der Waals surface area contributed by atoms with Crippen LogP contribution in [0.1, 0.15) is 17.3 Å². The number of fused-ring (bicyclic) bond motifs is 1. The molecule has 31 heavy (non-hydrogen) atoms. The number of nitrogens with zero attached hydrogens (tertiary/aromatic N) is 1. The van der Waals surface area contributed by atoms with Crippen molar-refractivity contribution in [3.8, 4) is 0 Å². The Kier molecular flexibility index (Phi) is 5.73. The molecular formula is C25H22N2O3S. The molecule has 0 aliphatic heterocycles. The lowest BCUT2D eigenvalue weighted by molar-refractivity contribution is 0.102. The van der Waals surface area contributed by atoms with Crippen LogP contribution in [0.25, 0.3) is 10.8 Å². The number of carbonyl (C=O) groups is 1. The molecule has 5 nitrogen and oxygen atoms in total. The molecule has 0 heterocycles. The van der Waals surface area contributed by atoms with Gasteiger partial charge in [0.2, 0.25) is 0 Å². The fourth-order valence-electron chi connectivity index (χ4n) is 3.46. The molecule has 0 aromatic heterocycles. The van der Waals surface area contributed by atoms with Crippen LogP contribution < -0.4 is 9.62 Å². The molecule has 0 fully saturated rings. The molecule has 0 saturated heterocycles. The first-order chi connectivity index (χ1) is 15.0. The van der Waals surface area contributed by atoms with Crippen molar-refractivity contribution in [2.45, 2.75) is 11.8 Å². The van der Waals surface area contributed by atoms with Gasteiger partial charge in [-0.3, -0.25) is 9.10 Å². The summed E-state index contributed by atoms with van der Waals surface area (Å²) >= 11 is 0. The average Bonchev–Trinajstić information content (AvgIpc) is 2.80. The van der Waals surface area contributed by atoms with Crippen molar-refractivity contribution in [2.24, 2.45) is 0 Å². The molecule has 0 atom stereocenters. The van der Waals surface area contributed by atoms with Gasteiger partial charge in [0, 0.05) is 17.8 Å². The summed E-state index contributed by atoms with van der Waals surface area (Å²) < 4.78 is 27.3. The Morgan fingerprint density at radius 1 is 0.806 bits per heavy atom. The normalized spacial score (nSPS) is 11.3. The van der Waals surface area contributed by atoms with Gasteiger partial charge < -0.3 is 5.32 Å². The predicted octanol–water partition coefficient (Wildman–Crippen LogP) is 5.31. The number of hydrogen-bond donors (Lipinski definition) is 1. The number of benzene rings is 4. The highest BCUT2D eigenvalue weighted by Gasteiger charge is 2.23. The number of hydrogen-bond acceptors (Lipinski definition) is 3. The van der Waals surface area contributed by atoms with E-state index < -0.39 is 10.0 Å². The minimum Gasteiger partial charge on any atom is -0.322 e. The van der Waals surface area contributed by atoms with Crippen molar-refractivity contribution in [1.82, 2.24) is 0 Å². The summed E-state index contributed by atoms with van der Waals surface area (Å²) in [6.07, 6.45) is 0.